The van der Waals surface area contributed by atoms with E-state index in [-0.39, 0.29) is 0 Å². The molecule has 1 heterocycles. The second-order valence-electron chi connectivity index (χ2n) is 4.24. The number of hydrogen-bond donors (Lipinski definition) is 0. The van der Waals surface area contributed by atoms with Crippen molar-refractivity contribution in [3.05, 3.63) is 36.2 Å². The van der Waals surface area contributed by atoms with Gasteiger partial charge < -0.3 is 4.74 Å². The molecule has 1 aromatic heterocycles. The molecule has 0 aliphatic carbocycles. The van der Waals surface area contributed by atoms with Crippen LogP contribution in [0.25, 0.3) is 0 Å². The van der Waals surface area contributed by atoms with Crippen molar-refractivity contribution in [2.75, 3.05) is 12.4 Å². The van der Waals surface area contributed by atoms with Crippen LogP contribution in [0.15, 0.2) is 35.7 Å². The van der Waals surface area contributed by atoms with Crippen molar-refractivity contribution < 1.29 is 4.74 Å². The summed E-state index contributed by atoms with van der Waals surface area (Å²) in [4.78, 5) is 4.15. The van der Waals surface area contributed by atoms with E-state index in [0.717, 1.165) is 29.5 Å². The highest BCUT2D eigenvalue weighted by atomic mass is 32.2. The Morgan fingerprint density at radius 3 is 3.05 bits per heavy atom. The number of aryl methyl sites for hydroxylation is 1. The number of hydrogen-bond acceptors (Lipinski definition) is 5. The van der Waals surface area contributed by atoms with Crippen molar-refractivity contribution in [2.24, 2.45) is 7.05 Å². The van der Waals surface area contributed by atoms with Crippen LogP contribution in [0.1, 0.15) is 18.4 Å². The maximum absolute atomic E-state index is 8.79. The highest BCUT2D eigenvalue weighted by molar-refractivity contribution is 7.99. The molecular weight excluding hydrogens is 272 g/mol. The maximum Gasteiger partial charge on any atom is 0.208 e. The summed E-state index contributed by atoms with van der Waals surface area (Å²) >= 11 is 1.65. The predicted molar refractivity (Wildman–Crippen MR) is 77.6 cm³/mol. The fraction of sp³-hybridized carbons (Fsp3) is 0.357. The molecular formula is C14H16N4OS. The summed E-state index contributed by atoms with van der Waals surface area (Å²) in [7, 11) is 1.86. The second-order valence-corrected chi connectivity index (χ2v) is 5.31. The molecule has 20 heavy (non-hydrogen) atoms. The summed E-state index contributed by atoms with van der Waals surface area (Å²) < 4.78 is 7.31. The van der Waals surface area contributed by atoms with Crippen LogP contribution < -0.4 is 4.74 Å². The van der Waals surface area contributed by atoms with E-state index in [1.165, 1.54) is 0 Å². The van der Waals surface area contributed by atoms with Gasteiger partial charge in [-0.2, -0.15) is 5.26 Å². The molecule has 0 radical (unpaired) electrons. The number of nitriles is 1. The van der Waals surface area contributed by atoms with Crippen LogP contribution in [-0.2, 0) is 7.05 Å². The van der Waals surface area contributed by atoms with Gasteiger partial charge >= 0.3 is 0 Å². The fourth-order valence-electron chi connectivity index (χ4n) is 1.60. The number of benzene rings is 1. The van der Waals surface area contributed by atoms with E-state index in [1.807, 2.05) is 19.2 Å². The molecule has 2 aromatic rings. The van der Waals surface area contributed by atoms with Gasteiger partial charge in [0.05, 0.1) is 18.2 Å². The summed E-state index contributed by atoms with van der Waals surface area (Å²) in [6.07, 6.45) is 3.71. The van der Waals surface area contributed by atoms with Gasteiger partial charge in [-0.1, -0.05) is 17.8 Å². The molecule has 0 bridgehead atoms. The zero-order valence-corrected chi connectivity index (χ0v) is 12.1. The molecule has 104 valence electrons. The van der Waals surface area contributed by atoms with Crippen molar-refractivity contribution in [3.63, 3.8) is 0 Å². The van der Waals surface area contributed by atoms with Crippen molar-refractivity contribution in [2.45, 2.75) is 18.0 Å². The summed E-state index contributed by atoms with van der Waals surface area (Å²) in [6, 6.07) is 9.32. The number of aromatic nitrogens is 3. The largest absolute Gasteiger partial charge is 0.494 e. The summed E-state index contributed by atoms with van der Waals surface area (Å²) in [5, 5.41) is 13.8. The zero-order valence-electron chi connectivity index (χ0n) is 11.3. The number of thioether (sulfide) groups is 1. The molecule has 0 atom stereocenters. The Hall–Kier alpha value is -2.00. The zero-order chi connectivity index (χ0) is 14.2. The highest BCUT2D eigenvalue weighted by Crippen LogP contribution is 2.15. The van der Waals surface area contributed by atoms with Gasteiger partial charge in [-0.3, -0.25) is 4.68 Å². The smallest absolute Gasteiger partial charge is 0.208 e. The van der Waals surface area contributed by atoms with Crippen LogP contribution in [0.5, 0.6) is 5.75 Å². The Balaban J connectivity index is 1.60. The van der Waals surface area contributed by atoms with Gasteiger partial charge in [0.15, 0.2) is 0 Å². The van der Waals surface area contributed by atoms with Crippen LogP contribution in [0.2, 0.25) is 0 Å². The molecule has 2 rings (SSSR count). The van der Waals surface area contributed by atoms with Crippen molar-refractivity contribution >= 4 is 11.8 Å². The molecule has 0 aliphatic heterocycles. The molecule has 0 saturated heterocycles. The predicted octanol–water partition coefficient (Wildman–Crippen LogP) is 2.64. The lowest BCUT2D eigenvalue weighted by atomic mass is 10.2. The molecule has 6 heteroatoms. The lowest BCUT2D eigenvalue weighted by Gasteiger charge is -2.05. The summed E-state index contributed by atoms with van der Waals surface area (Å²) in [6.45, 7) is 0.658. The van der Waals surface area contributed by atoms with Crippen molar-refractivity contribution in [3.8, 4) is 11.8 Å². The summed E-state index contributed by atoms with van der Waals surface area (Å²) in [5.41, 5.74) is 0.624. The SMILES string of the molecule is Cn1cnc(SCCCCOc2cccc(C#N)c2)n1. The van der Waals surface area contributed by atoms with Crippen LogP contribution in [0.4, 0.5) is 0 Å². The standard InChI is InChI=1S/C14H16N4OS/c1-18-11-16-14(17-18)20-8-3-2-7-19-13-6-4-5-12(9-13)10-15/h4-6,9,11H,2-3,7-8H2,1H3. The first-order valence-corrected chi connectivity index (χ1v) is 7.38. The van der Waals surface area contributed by atoms with Crippen LogP contribution in [-0.4, -0.2) is 27.1 Å². The fourth-order valence-corrected chi connectivity index (χ4v) is 2.44. The Morgan fingerprint density at radius 2 is 2.30 bits per heavy atom. The van der Waals surface area contributed by atoms with E-state index in [9.17, 15) is 0 Å². The van der Waals surface area contributed by atoms with Gasteiger partial charge in [-0.25, -0.2) is 4.98 Å². The molecule has 0 N–H and O–H groups in total. The van der Waals surface area contributed by atoms with E-state index >= 15 is 0 Å². The molecule has 0 spiro atoms. The van der Waals surface area contributed by atoms with Gasteiger partial charge in [-0.15, -0.1) is 5.10 Å². The van der Waals surface area contributed by atoms with Crippen LogP contribution in [0, 0.1) is 11.3 Å². The Kier molecular flexibility index (Phi) is 5.44. The van der Waals surface area contributed by atoms with Crippen molar-refractivity contribution in [1.29, 1.82) is 5.26 Å². The third kappa shape index (κ3) is 4.59. The van der Waals surface area contributed by atoms with E-state index in [1.54, 1.807) is 34.9 Å². The number of rotatable bonds is 7. The van der Waals surface area contributed by atoms with Gasteiger partial charge in [0.2, 0.25) is 5.16 Å². The first kappa shape index (κ1) is 14.4. The quantitative estimate of drug-likeness (QED) is 0.579. The first-order valence-electron chi connectivity index (χ1n) is 6.39. The van der Waals surface area contributed by atoms with Gasteiger partial charge in [-0.05, 0) is 31.0 Å². The lowest BCUT2D eigenvalue weighted by molar-refractivity contribution is 0.310. The monoisotopic (exact) mass is 288 g/mol. The molecule has 0 aliphatic rings. The average Bonchev–Trinajstić information content (AvgIpc) is 2.88. The summed E-state index contributed by atoms with van der Waals surface area (Å²) in [5.74, 6) is 1.73. The minimum Gasteiger partial charge on any atom is -0.494 e. The van der Waals surface area contributed by atoms with E-state index in [0.29, 0.717) is 12.2 Å². The van der Waals surface area contributed by atoms with Gasteiger partial charge in [0, 0.05) is 12.8 Å². The molecule has 0 amide bonds. The minimum absolute atomic E-state index is 0.624. The number of unbranched alkanes of at least 4 members (excludes halogenated alkanes) is 1. The van der Waals surface area contributed by atoms with E-state index in [2.05, 4.69) is 16.2 Å². The van der Waals surface area contributed by atoms with Gasteiger partial charge in [0.25, 0.3) is 0 Å². The topological polar surface area (TPSA) is 63.7 Å². The first-order chi connectivity index (χ1) is 9.78. The third-order valence-electron chi connectivity index (χ3n) is 2.58. The Bertz CT molecular complexity index is 591. The Labute approximate surface area is 122 Å². The molecule has 5 nitrogen and oxygen atoms in total. The van der Waals surface area contributed by atoms with Crippen molar-refractivity contribution in [1.82, 2.24) is 14.8 Å². The van der Waals surface area contributed by atoms with Crippen LogP contribution in [0.3, 0.4) is 0 Å². The molecule has 1 aromatic carbocycles. The lowest BCUT2D eigenvalue weighted by Crippen LogP contribution is -1.98. The second kappa shape index (κ2) is 7.56. The number of nitrogens with zero attached hydrogens (tertiary/aromatic N) is 4. The molecule has 0 saturated carbocycles. The normalized spacial score (nSPS) is 10.2. The highest BCUT2D eigenvalue weighted by Gasteiger charge is 2.00. The minimum atomic E-state index is 0.624. The Morgan fingerprint density at radius 1 is 1.40 bits per heavy atom. The van der Waals surface area contributed by atoms with E-state index in [4.69, 9.17) is 10.00 Å². The van der Waals surface area contributed by atoms with E-state index < -0.39 is 0 Å². The molecule has 0 unspecified atom stereocenters. The third-order valence-corrected chi connectivity index (χ3v) is 3.52. The average molecular weight is 288 g/mol. The number of ether oxygens (including phenoxy) is 1. The van der Waals surface area contributed by atoms with Gasteiger partial charge in [0.1, 0.15) is 12.1 Å². The molecule has 0 fully saturated rings. The maximum atomic E-state index is 8.79. The van der Waals surface area contributed by atoms with Crippen LogP contribution >= 0.6 is 11.8 Å².